The largest absolute Gasteiger partial charge is 0.489 e. The van der Waals surface area contributed by atoms with E-state index < -0.39 is 5.97 Å². The summed E-state index contributed by atoms with van der Waals surface area (Å²) in [6, 6.07) is 5.16. The van der Waals surface area contributed by atoms with E-state index in [4.69, 9.17) is 10.5 Å². The lowest BCUT2D eigenvalue weighted by molar-refractivity contribution is 0.0691. The maximum atomic E-state index is 11.2. The zero-order chi connectivity index (χ0) is 15.6. The predicted octanol–water partition coefficient (Wildman–Crippen LogP) is 2.03. The standard InChI is InChI=1S/C14H18N4O3/c1-4-18-13(12(14(19)20)16-17-18)9-5-6-11(10(15)7-9)21-8(2)3/h5-8H,4,15H2,1-3H3,(H,19,20). The number of nitrogens with two attached hydrogens (primary N) is 1. The van der Waals surface area contributed by atoms with Gasteiger partial charge in [0.2, 0.25) is 0 Å². The lowest BCUT2D eigenvalue weighted by atomic mass is 10.1. The summed E-state index contributed by atoms with van der Waals surface area (Å²) in [5, 5.41) is 16.8. The number of carbonyl (C=O) groups is 1. The van der Waals surface area contributed by atoms with Crippen LogP contribution in [0.25, 0.3) is 11.3 Å². The molecule has 112 valence electrons. The van der Waals surface area contributed by atoms with Crippen LogP contribution >= 0.6 is 0 Å². The number of ether oxygens (including phenoxy) is 1. The number of hydrogen-bond acceptors (Lipinski definition) is 5. The Labute approximate surface area is 122 Å². The monoisotopic (exact) mass is 290 g/mol. The topological polar surface area (TPSA) is 103 Å². The summed E-state index contributed by atoms with van der Waals surface area (Å²) in [6.45, 7) is 6.20. The number of nitrogen functional groups attached to an aromatic ring is 1. The van der Waals surface area contributed by atoms with Crippen molar-refractivity contribution in [1.29, 1.82) is 0 Å². The zero-order valence-electron chi connectivity index (χ0n) is 12.2. The molecule has 2 rings (SSSR count). The molecule has 0 aliphatic carbocycles. The number of aromatic carboxylic acids is 1. The van der Waals surface area contributed by atoms with Gasteiger partial charge in [-0.15, -0.1) is 5.10 Å². The molecule has 0 bridgehead atoms. The highest BCUT2D eigenvalue weighted by atomic mass is 16.5. The molecule has 0 saturated heterocycles. The van der Waals surface area contributed by atoms with Gasteiger partial charge >= 0.3 is 5.97 Å². The van der Waals surface area contributed by atoms with Gasteiger partial charge < -0.3 is 15.6 Å². The quantitative estimate of drug-likeness (QED) is 0.817. The molecule has 0 aliphatic heterocycles. The molecule has 0 spiro atoms. The Morgan fingerprint density at radius 3 is 2.71 bits per heavy atom. The molecule has 0 fully saturated rings. The number of carboxylic acids is 1. The van der Waals surface area contributed by atoms with Gasteiger partial charge in [0.25, 0.3) is 0 Å². The van der Waals surface area contributed by atoms with Crippen LogP contribution in [0.5, 0.6) is 5.75 Å². The van der Waals surface area contributed by atoms with E-state index in [2.05, 4.69) is 10.3 Å². The van der Waals surface area contributed by atoms with Crippen molar-refractivity contribution in [3.63, 3.8) is 0 Å². The molecular weight excluding hydrogens is 272 g/mol. The van der Waals surface area contributed by atoms with Crippen LogP contribution in [0.15, 0.2) is 18.2 Å². The lowest BCUT2D eigenvalue weighted by Gasteiger charge is -2.13. The number of rotatable bonds is 5. The summed E-state index contributed by atoms with van der Waals surface area (Å²) in [4.78, 5) is 11.2. The molecule has 0 amide bonds. The lowest BCUT2D eigenvalue weighted by Crippen LogP contribution is -2.08. The predicted molar refractivity (Wildman–Crippen MR) is 78.3 cm³/mol. The Morgan fingerprint density at radius 2 is 2.19 bits per heavy atom. The second-order valence-electron chi connectivity index (χ2n) is 4.83. The minimum Gasteiger partial charge on any atom is -0.489 e. The molecule has 7 nitrogen and oxygen atoms in total. The normalized spacial score (nSPS) is 10.9. The molecule has 1 heterocycles. The average Bonchev–Trinajstić information content (AvgIpc) is 2.84. The molecule has 0 radical (unpaired) electrons. The number of anilines is 1. The Morgan fingerprint density at radius 1 is 1.48 bits per heavy atom. The van der Waals surface area contributed by atoms with E-state index in [0.29, 0.717) is 29.2 Å². The van der Waals surface area contributed by atoms with Gasteiger partial charge in [0.05, 0.1) is 11.8 Å². The van der Waals surface area contributed by atoms with Crippen LogP contribution < -0.4 is 10.5 Å². The molecule has 21 heavy (non-hydrogen) atoms. The number of aromatic nitrogens is 3. The maximum absolute atomic E-state index is 11.2. The van der Waals surface area contributed by atoms with Crippen LogP contribution in [0, 0.1) is 0 Å². The van der Waals surface area contributed by atoms with Gasteiger partial charge in [-0.05, 0) is 39.0 Å². The van der Waals surface area contributed by atoms with Crippen LogP contribution in [-0.4, -0.2) is 32.2 Å². The second kappa shape index (κ2) is 5.82. The van der Waals surface area contributed by atoms with E-state index in [0.717, 1.165) is 0 Å². The van der Waals surface area contributed by atoms with Crippen molar-refractivity contribution in [1.82, 2.24) is 15.0 Å². The van der Waals surface area contributed by atoms with Crippen LogP contribution in [0.3, 0.4) is 0 Å². The highest BCUT2D eigenvalue weighted by Crippen LogP contribution is 2.30. The summed E-state index contributed by atoms with van der Waals surface area (Å²) in [7, 11) is 0. The number of nitrogens with zero attached hydrogens (tertiary/aromatic N) is 3. The van der Waals surface area contributed by atoms with E-state index in [1.165, 1.54) is 4.68 Å². The molecule has 1 aromatic heterocycles. The first-order valence-electron chi connectivity index (χ1n) is 6.67. The third kappa shape index (κ3) is 2.96. The summed E-state index contributed by atoms with van der Waals surface area (Å²) >= 11 is 0. The molecule has 3 N–H and O–H groups in total. The average molecular weight is 290 g/mol. The van der Waals surface area contributed by atoms with E-state index >= 15 is 0 Å². The van der Waals surface area contributed by atoms with Gasteiger partial charge in [-0.3, -0.25) is 0 Å². The molecule has 1 aromatic carbocycles. The molecule has 0 unspecified atom stereocenters. The first-order chi connectivity index (χ1) is 9.93. The molecular formula is C14H18N4O3. The molecule has 0 aliphatic rings. The van der Waals surface area contributed by atoms with Gasteiger partial charge in [-0.2, -0.15) is 0 Å². The van der Waals surface area contributed by atoms with Crippen molar-refractivity contribution in [2.45, 2.75) is 33.4 Å². The number of carboxylic acid groups (broad SMARTS) is 1. The second-order valence-corrected chi connectivity index (χ2v) is 4.83. The number of hydrogen-bond donors (Lipinski definition) is 2. The van der Waals surface area contributed by atoms with E-state index in [9.17, 15) is 9.90 Å². The van der Waals surface area contributed by atoms with Crippen LogP contribution in [0.4, 0.5) is 5.69 Å². The van der Waals surface area contributed by atoms with Gasteiger partial charge in [0, 0.05) is 12.1 Å². The fourth-order valence-corrected chi connectivity index (χ4v) is 2.02. The molecule has 0 atom stereocenters. The van der Waals surface area contributed by atoms with Gasteiger partial charge in [0.1, 0.15) is 11.4 Å². The minimum absolute atomic E-state index is 0.00978. The van der Waals surface area contributed by atoms with Gasteiger partial charge in [0.15, 0.2) is 5.69 Å². The SMILES string of the molecule is CCn1nnc(C(=O)O)c1-c1ccc(OC(C)C)c(N)c1. The highest BCUT2D eigenvalue weighted by Gasteiger charge is 2.20. The summed E-state index contributed by atoms with van der Waals surface area (Å²) in [5.41, 5.74) is 7.41. The van der Waals surface area contributed by atoms with Crippen molar-refractivity contribution < 1.29 is 14.6 Å². The molecule has 7 heteroatoms. The van der Waals surface area contributed by atoms with Crippen molar-refractivity contribution in [2.75, 3.05) is 5.73 Å². The fourth-order valence-electron chi connectivity index (χ4n) is 2.02. The minimum atomic E-state index is -1.12. The smallest absolute Gasteiger partial charge is 0.358 e. The Kier molecular flexibility index (Phi) is 4.11. The van der Waals surface area contributed by atoms with Crippen LogP contribution in [-0.2, 0) is 6.54 Å². The first-order valence-corrected chi connectivity index (χ1v) is 6.67. The van der Waals surface area contributed by atoms with E-state index in [1.807, 2.05) is 20.8 Å². The van der Waals surface area contributed by atoms with Crippen molar-refractivity contribution in [2.24, 2.45) is 0 Å². The van der Waals surface area contributed by atoms with Crippen molar-refractivity contribution >= 4 is 11.7 Å². The van der Waals surface area contributed by atoms with Gasteiger partial charge in [-0.25, -0.2) is 9.48 Å². The summed E-state index contributed by atoms with van der Waals surface area (Å²) in [6.07, 6.45) is 0.00978. The fraction of sp³-hybridized carbons (Fsp3) is 0.357. The Hall–Kier alpha value is -2.57. The highest BCUT2D eigenvalue weighted by molar-refractivity contribution is 5.93. The zero-order valence-corrected chi connectivity index (χ0v) is 12.2. The van der Waals surface area contributed by atoms with E-state index in [1.54, 1.807) is 18.2 Å². The maximum Gasteiger partial charge on any atom is 0.358 e. The molecule has 0 saturated carbocycles. The van der Waals surface area contributed by atoms with Gasteiger partial charge in [-0.1, -0.05) is 5.21 Å². The third-order valence-electron chi connectivity index (χ3n) is 2.88. The van der Waals surface area contributed by atoms with E-state index in [-0.39, 0.29) is 11.8 Å². The Bertz CT molecular complexity index is 664. The van der Waals surface area contributed by atoms with Crippen molar-refractivity contribution in [3.8, 4) is 17.0 Å². The third-order valence-corrected chi connectivity index (χ3v) is 2.88. The summed E-state index contributed by atoms with van der Waals surface area (Å²) < 4.78 is 7.10. The van der Waals surface area contributed by atoms with Crippen LogP contribution in [0.2, 0.25) is 0 Å². The summed E-state index contributed by atoms with van der Waals surface area (Å²) in [5.74, 6) is -0.549. The number of benzene rings is 1. The molecule has 2 aromatic rings. The van der Waals surface area contributed by atoms with Crippen LogP contribution in [0.1, 0.15) is 31.3 Å². The Balaban J connectivity index is 2.50. The van der Waals surface area contributed by atoms with Crippen molar-refractivity contribution in [3.05, 3.63) is 23.9 Å². The number of aryl methyl sites for hydroxylation is 1. The first kappa shape index (κ1) is 14.8.